The molecule has 0 fully saturated rings. The average Bonchev–Trinajstić information content (AvgIpc) is 2.35. The summed E-state index contributed by atoms with van der Waals surface area (Å²) in [4.78, 5) is 0. The lowest BCUT2D eigenvalue weighted by Crippen LogP contribution is -2.03. The summed E-state index contributed by atoms with van der Waals surface area (Å²) in [6.07, 6.45) is -0.477. The first kappa shape index (κ1) is 13.3. The summed E-state index contributed by atoms with van der Waals surface area (Å²) in [5.74, 6) is -0.412. The second-order valence-electron chi connectivity index (χ2n) is 4.01. The van der Waals surface area contributed by atoms with Crippen LogP contribution < -0.4 is 0 Å². The van der Waals surface area contributed by atoms with E-state index in [1.54, 1.807) is 12.1 Å². The summed E-state index contributed by atoms with van der Waals surface area (Å²) < 4.78 is 13.1. The quantitative estimate of drug-likeness (QED) is 0.885. The van der Waals surface area contributed by atoms with E-state index in [4.69, 9.17) is 23.2 Å². The normalized spacial score (nSPS) is 12.4. The fourth-order valence-electron chi connectivity index (χ4n) is 1.72. The number of benzene rings is 2. The van der Waals surface area contributed by atoms with E-state index < -0.39 is 11.9 Å². The number of hydrogen-bond acceptors (Lipinski definition) is 1. The summed E-state index contributed by atoms with van der Waals surface area (Å²) in [5.41, 5.74) is 1.30. The smallest absolute Gasteiger partial charge is 0.123 e. The van der Waals surface area contributed by atoms with Gasteiger partial charge in [-0.1, -0.05) is 35.3 Å². The van der Waals surface area contributed by atoms with Crippen LogP contribution in [0.3, 0.4) is 0 Å². The molecule has 18 heavy (non-hydrogen) atoms. The van der Waals surface area contributed by atoms with E-state index in [2.05, 4.69) is 0 Å². The van der Waals surface area contributed by atoms with Crippen molar-refractivity contribution in [2.45, 2.75) is 12.5 Å². The van der Waals surface area contributed by atoms with Crippen molar-refractivity contribution in [3.63, 3.8) is 0 Å². The highest BCUT2D eigenvalue weighted by Gasteiger charge is 2.13. The molecule has 0 saturated carbocycles. The van der Waals surface area contributed by atoms with E-state index in [-0.39, 0.29) is 0 Å². The fraction of sp³-hybridized carbons (Fsp3) is 0.143. The number of aliphatic hydroxyl groups is 1. The predicted molar refractivity (Wildman–Crippen MR) is 71.5 cm³/mol. The Morgan fingerprint density at radius 1 is 1.06 bits per heavy atom. The summed E-state index contributed by atoms with van der Waals surface area (Å²) in [6.45, 7) is 0. The Balaban J connectivity index is 2.18. The van der Waals surface area contributed by atoms with Crippen LogP contribution in [0.15, 0.2) is 42.5 Å². The van der Waals surface area contributed by atoms with Crippen molar-refractivity contribution in [3.8, 4) is 0 Å². The monoisotopic (exact) mass is 284 g/mol. The maximum absolute atomic E-state index is 13.1. The maximum atomic E-state index is 13.1. The van der Waals surface area contributed by atoms with Gasteiger partial charge in [-0.2, -0.15) is 0 Å². The third-order valence-electron chi connectivity index (χ3n) is 2.66. The molecule has 2 rings (SSSR count). The lowest BCUT2D eigenvalue weighted by molar-refractivity contribution is 0.178. The molecule has 0 aliphatic heterocycles. The van der Waals surface area contributed by atoms with E-state index >= 15 is 0 Å². The number of aliphatic hydroxyl groups excluding tert-OH is 1. The second kappa shape index (κ2) is 5.70. The Labute approximate surface area is 115 Å². The lowest BCUT2D eigenvalue weighted by atomic mass is 10.0. The Kier molecular flexibility index (Phi) is 4.23. The molecule has 0 aromatic heterocycles. The zero-order valence-corrected chi connectivity index (χ0v) is 10.9. The van der Waals surface area contributed by atoms with Crippen LogP contribution in [0.2, 0.25) is 10.0 Å². The van der Waals surface area contributed by atoms with Gasteiger partial charge in [0.15, 0.2) is 0 Å². The molecule has 2 aromatic rings. The van der Waals surface area contributed by atoms with Gasteiger partial charge in [0.25, 0.3) is 0 Å². The first-order valence-corrected chi connectivity index (χ1v) is 6.19. The van der Waals surface area contributed by atoms with E-state index in [9.17, 15) is 9.50 Å². The molecule has 1 nitrogen and oxygen atoms in total. The van der Waals surface area contributed by atoms with Crippen molar-refractivity contribution in [1.82, 2.24) is 0 Å². The molecule has 0 radical (unpaired) electrons. The number of hydrogen-bond donors (Lipinski definition) is 1. The van der Waals surface area contributed by atoms with Gasteiger partial charge in [-0.25, -0.2) is 4.39 Å². The van der Waals surface area contributed by atoms with Crippen molar-refractivity contribution in [3.05, 3.63) is 69.5 Å². The lowest BCUT2D eigenvalue weighted by Gasteiger charge is -2.13. The molecular weight excluding hydrogens is 274 g/mol. The molecule has 1 atom stereocenters. The van der Waals surface area contributed by atoms with Crippen LogP contribution in [0.4, 0.5) is 4.39 Å². The molecule has 2 aromatic carbocycles. The van der Waals surface area contributed by atoms with Crippen molar-refractivity contribution in [2.75, 3.05) is 0 Å². The summed E-state index contributed by atoms with van der Waals surface area (Å²) >= 11 is 11.7. The van der Waals surface area contributed by atoms with Crippen LogP contribution in [0.25, 0.3) is 0 Å². The summed E-state index contributed by atoms with van der Waals surface area (Å²) in [7, 11) is 0. The second-order valence-corrected chi connectivity index (χ2v) is 4.86. The summed E-state index contributed by atoms with van der Waals surface area (Å²) in [6, 6.07) is 11.1. The van der Waals surface area contributed by atoms with Crippen LogP contribution in [0.1, 0.15) is 17.2 Å². The van der Waals surface area contributed by atoms with E-state index in [1.165, 1.54) is 18.2 Å². The molecule has 1 unspecified atom stereocenters. The minimum Gasteiger partial charge on any atom is -0.388 e. The minimum atomic E-state index is -0.839. The van der Waals surface area contributed by atoms with Gasteiger partial charge >= 0.3 is 0 Å². The molecule has 0 amide bonds. The fourth-order valence-corrected chi connectivity index (χ4v) is 2.09. The van der Waals surface area contributed by atoms with Gasteiger partial charge in [0.1, 0.15) is 5.82 Å². The molecule has 0 heterocycles. The van der Waals surface area contributed by atoms with E-state index in [0.29, 0.717) is 22.0 Å². The average molecular weight is 285 g/mol. The SMILES string of the molecule is OC(Cc1ccc(Cl)cc1)c1cc(F)ccc1Cl. The molecule has 0 bridgehead atoms. The zero-order valence-electron chi connectivity index (χ0n) is 9.41. The molecule has 0 aliphatic carbocycles. The maximum Gasteiger partial charge on any atom is 0.123 e. The van der Waals surface area contributed by atoms with Gasteiger partial charge in [-0.15, -0.1) is 0 Å². The minimum absolute atomic E-state index is 0.359. The van der Waals surface area contributed by atoms with Gasteiger partial charge in [-0.3, -0.25) is 0 Å². The van der Waals surface area contributed by atoms with E-state index in [0.717, 1.165) is 5.56 Å². The van der Waals surface area contributed by atoms with Crippen molar-refractivity contribution in [1.29, 1.82) is 0 Å². The molecule has 4 heteroatoms. The predicted octanol–water partition coefficient (Wildman–Crippen LogP) is 4.41. The third kappa shape index (κ3) is 3.22. The van der Waals surface area contributed by atoms with Crippen molar-refractivity contribution < 1.29 is 9.50 Å². The Morgan fingerprint density at radius 2 is 1.72 bits per heavy atom. The molecule has 1 N–H and O–H groups in total. The number of halogens is 3. The Morgan fingerprint density at radius 3 is 2.39 bits per heavy atom. The van der Waals surface area contributed by atoms with Gasteiger partial charge in [0.05, 0.1) is 6.10 Å². The standard InChI is InChI=1S/C14H11Cl2FO/c15-10-3-1-9(2-4-10)7-14(18)12-8-11(17)5-6-13(12)16/h1-6,8,14,18H,7H2. The van der Waals surface area contributed by atoms with Gasteiger partial charge < -0.3 is 5.11 Å². The van der Waals surface area contributed by atoms with Gasteiger partial charge in [0.2, 0.25) is 0 Å². The molecule has 0 saturated heterocycles. The molecular formula is C14H11Cl2FO. The highest BCUT2D eigenvalue weighted by Crippen LogP contribution is 2.26. The van der Waals surface area contributed by atoms with Crippen LogP contribution in [0, 0.1) is 5.82 Å². The van der Waals surface area contributed by atoms with Crippen LogP contribution in [0.5, 0.6) is 0 Å². The highest BCUT2D eigenvalue weighted by atomic mass is 35.5. The molecule has 94 valence electrons. The highest BCUT2D eigenvalue weighted by molar-refractivity contribution is 6.31. The van der Waals surface area contributed by atoms with Crippen LogP contribution in [-0.4, -0.2) is 5.11 Å². The first-order chi connectivity index (χ1) is 8.56. The molecule has 0 spiro atoms. The van der Waals surface area contributed by atoms with Crippen LogP contribution >= 0.6 is 23.2 Å². The topological polar surface area (TPSA) is 20.2 Å². The zero-order chi connectivity index (χ0) is 13.1. The Hall–Kier alpha value is -1.09. The van der Waals surface area contributed by atoms with Crippen LogP contribution in [-0.2, 0) is 6.42 Å². The van der Waals surface area contributed by atoms with E-state index in [1.807, 2.05) is 12.1 Å². The Bertz CT molecular complexity index is 540. The van der Waals surface area contributed by atoms with Crippen molar-refractivity contribution >= 4 is 23.2 Å². The van der Waals surface area contributed by atoms with Gasteiger partial charge in [-0.05, 0) is 35.9 Å². The van der Waals surface area contributed by atoms with Crippen molar-refractivity contribution in [2.24, 2.45) is 0 Å². The first-order valence-electron chi connectivity index (χ1n) is 5.44. The molecule has 0 aliphatic rings. The number of rotatable bonds is 3. The summed E-state index contributed by atoms with van der Waals surface area (Å²) in [5, 5.41) is 11.1. The van der Waals surface area contributed by atoms with Gasteiger partial charge in [0, 0.05) is 22.0 Å². The third-order valence-corrected chi connectivity index (χ3v) is 3.26. The largest absolute Gasteiger partial charge is 0.388 e.